The van der Waals surface area contributed by atoms with Crippen LogP contribution in [0.25, 0.3) is 0 Å². The van der Waals surface area contributed by atoms with Crippen LogP contribution in [0.3, 0.4) is 0 Å². The summed E-state index contributed by atoms with van der Waals surface area (Å²) in [5, 5.41) is 0. The third-order valence-electron chi connectivity index (χ3n) is 5.11. The Balaban J connectivity index is 1.72. The van der Waals surface area contributed by atoms with Crippen molar-refractivity contribution < 1.29 is 31.7 Å². The Labute approximate surface area is 163 Å². The predicted octanol–water partition coefficient (Wildman–Crippen LogP) is 2.23. The van der Waals surface area contributed by atoms with Crippen molar-refractivity contribution in [1.29, 1.82) is 0 Å². The Morgan fingerprint density at radius 3 is 2.64 bits per heavy atom. The number of nitrogens with zero attached hydrogens (tertiary/aromatic N) is 2. The van der Waals surface area contributed by atoms with Crippen LogP contribution in [0.4, 0.5) is 20.6 Å². The van der Waals surface area contributed by atoms with E-state index in [9.17, 15) is 22.4 Å². The van der Waals surface area contributed by atoms with Crippen molar-refractivity contribution in [2.75, 3.05) is 35.2 Å². The number of ketones is 1. The van der Waals surface area contributed by atoms with Crippen LogP contribution < -0.4 is 9.80 Å². The van der Waals surface area contributed by atoms with Gasteiger partial charge in [-0.05, 0) is 18.2 Å². The van der Waals surface area contributed by atoms with E-state index in [-0.39, 0.29) is 18.7 Å². The van der Waals surface area contributed by atoms with Crippen molar-refractivity contribution in [3.63, 3.8) is 0 Å². The van der Waals surface area contributed by atoms with Crippen LogP contribution in [0.15, 0.2) is 18.2 Å². The van der Waals surface area contributed by atoms with E-state index in [1.165, 1.54) is 11.0 Å². The highest BCUT2D eigenvalue weighted by Gasteiger charge is 2.36. The molecule has 2 aliphatic rings. The number of amides is 1. The lowest BCUT2D eigenvalue weighted by atomic mass is 9.82. The number of piperidine rings is 1. The number of cyclic esters (lactones) is 1. The highest BCUT2D eigenvalue weighted by molar-refractivity contribution is 7.85. The van der Waals surface area contributed by atoms with E-state index >= 15 is 0 Å². The van der Waals surface area contributed by atoms with Gasteiger partial charge in [-0.15, -0.1) is 0 Å². The van der Waals surface area contributed by atoms with Crippen molar-refractivity contribution in [3.05, 3.63) is 24.0 Å². The summed E-state index contributed by atoms with van der Waals surface area (Å²) in [6.07, 6.45) is -1.09. The van der Waals surface area contributed by atoms with Crippen LogP contribution >= 0.6 is 0 Å². The Kier molecular flexibility index (Phi) is 5.37. The third kappa shape index (κ3) is 4.44. The van der Waals surface area contributed by atoms with Gasteiger partial charge in [0.25, 0.3) is 10.1 Å². The normalized spacial score (nSPS) is 22.5. The first kappa shape index (κ1) is 20.5. The Morgan fingerprint density at radius 1 is 1.32 bits per heavy atom. The van der Waals surface area contributed by atoms with E-state index in [4.69, 9.17) is 9.29 Å². The average Bonchev–Trinajstić information content (AvgIpc) is 2.96. The smallest absolute Gasteiger partial charge is 0.414 e. The van der Waals surface area contributed by atoms with Crippen molar-refractivity contribution >= 4 is 33.4 Å². The van der Waals surface area contributed by atoms with Gasteiger partial charge in [-0.25, -0.2) is 9.18 Å². The lowest BCUT2D eigenvalue weighted by Gasteiger charge is -2.38. The number of anilines is 2. The molecule has 0 aliphatic carbocycles. The lowest BCUT2D eigenvalue weighted by Crippen LogP contribution is -2.46. The molecule has 0 saturated carbocycles. The van der Waals surface area contributed by atoms with Gasteiger partial charge in [0, 0.05) is 31.3 Å². The van der Waals surface area contributed by atoms with E-state index in [1.807, 2.05) is 18.7 Å². The van der Waals surface area contributed by atoms with Gasteiger partial charge in [-0.3, -0.25) is 14.2 Å². The maximum atomic E-state index is 14.7. The molecular weight excluding hydrogens is 391 g/mol. The quantitative estimate of drug-likeness (QED) is 0.737. The molecule has 8 nitrogen and oxygen atoms in total. The van der Waals surface area contributed by atoms with Gasteiger partial charge in [0.15, 0.2) is 0 Å². The number of carbonyl (C=O) groups is 2. The monoisotopic (exact) mass is 414 g/mol. The van der Waals surface area contributed by atoms with E-state index < -0.39 is 39.3 Å². The highest BCUT2D eigenvalue weighted by Crippen LogP contribution is 2.33. The number of hydrogen-bond acceptors (Lipinski definition) is 6. The van der Waals surface area contributed by atoms with E-state index in [0.717, 1.165) is 0 Å². The summed E-state index contributed by atoms with van der Waals surface area (Å²) >= 11 is 0. The minimum atomic E-state index is -4.15. The van der Waals surface area contributed by atoms with E-state index in [2.05, 4.69) is 0 Å². The second kappa shape index (κ2) is 7.32. The largest absolute Gasteiger partial charge is 0.444 e. The second-order valence-corrected chi connectivity index (χ2v) is 9.38. The number of ether oxygens (including phenoxy) is 1. The molecular formula is C18H23FN2O6S. The van der Waals surface area contributed by atoms with Crippen LogP contribution in [-0.2, 0) is 19.6 Å². The molecule has 0 aromatic heterocycles. The van der Waals surface area contributed by atoms with Crippen molar-refractivity contribution in [3.8, 4) is 0 Å². The van der Waals surface area contributed by atoms with E-state index in [0.29, 0.717) is 30.9 Å². The SMILES string of the molecule is CC1(C)CN(c2ccc(N3C[C@H](CCS(=O)(=O)O)OC3=O)cc2F)CCC1=O. The number of carbonyl (C=O) groups excluding carboxylic acids is 2. The molecule has 1 atom stereocenters. The Hall–Kier alpha value is -2.20. The van der Waals surface area contributed by atoms with Crippen molar-refractivity contribution in [2.24, 2.45) is 5.41 Å². The number of benzene rings is 1. The molecule has 2 aliphatic heterocycles. The summed E-state index contributed by atoms with van der Waals surface area (Å²) in [6, 6.07) is 4.38. The zero-order chi connectivity index (χ0) is 20.7. The van der Waals surface area contributed by atoms with Crippen LogP contribution in [0.2, 0.25) is 0 Å². The Morgan fingerprint density at radius 2 is 2.04 bits per heavy atom. The van der Waals surface area contributed by atoms with Gasteiger partial charge in [-0.2, -0.15) is 8.42 Å². The number of rotatable bonds is 5. The summed E-state index contributed by atoms with van der Waals surface area (Å²) < 4.78 is 50.3. The summed E-state index contributed by atoms with van der Waals surface area (Å²) in [5.41, 5.74) is 0.107. The number of Topliss-reactive ketones (excluding diaryl/α,β-unsaturated/α-hetero) is 1. The molecule has 0 unspecified atom stereocenters. The summed E-state index contributed by atoms with van der Waals surface area (Å²) in [7, 11) is -4.15. The van der Waals surface area contributed by atoms with Gasteiger partial charge in [0.05, 0.1) is 23.7 Å². The molecule has 3 rings (SSSR count). The summed E-state index contributed by atoms with van der Waals surface area (Å²) in [4.78, 5) is 27.1. The van der Waals surface area contributed by atoms with Crippen molar-refractivity contribution in [2.45, 2.75) is 32.8 Å². The third-order valence-corrected chi connectivity index (χ3v) is 5.86. The zero-order valence-corrected chi connectivity index (χ0v) is 16.5. The fraction of sp³-hybridized carbons (Fsp3) is 0.556. The number of halogens is 1. The van der Waals surface area contributed by atoms with Gasteiger partial charge in [0.2, 0.25) is 0 Å². The first-order chi connectivity index (χ1) is 13.0. The van der Waals surface area contributed by atoms with Crippen LogP contribution in [0.5, 0.6) is 0 Å². The molecule has 28 heavy (non-hydrogen) atoms. The fourth-order valence-electron chi connectivity index (χ4n) is 3.51. The summed E-state index contributed by atoms with van der Waals surface area (Å²) in [6.45, 7) is 4.58. The molecule has 2 heterocycles. The number of hydrogen-bond donors (Lipinski definition) is 1. The minimum Gasteiger partial charge on any atom is -0.444 e. The minimum absolute atomic E-state index is 0.0431. The molecule has 1 N–H and O–H groups in total. The molecule has 1 aromatic carbocycles. The molecule has 10 heteroatoms. The van der Waals surface area contributed by atoms with Crippen LogP contribution in [0.1, 0.15) is 26.7 Å². The molecule has 0 spiro atoms. The molecule has 0 radical (unpaired) electrons. The molecule has 2 saturated heterocycles. The van der Waals surface area contributed by atoms with E-state index in [1.54, 1.807) is 12.1 Å². The predicted molar refractivity (Wildman–Crippen MR) is 101 cm³/mol. The average molecular weight is 414 g/mol. The summed E-state index contributed by atoms with van der Waals surface area (Å²) in [5.74, 6) is -0.886. The second-order valence-electron chi connectivity index (χ2n) is 7.81. The molecule has 2 fully saturated rings. The van der Waals surface area contributed by atoms with Crippen LogP contribution in [-0.4, -0.2) is 56.3 Å². The van der Waals surface area contributed by atoms with Gasteiger partial charge in [-0.1, -0.05) is 13.8 Å². The molecule has 1 amide bonds. The van der Waals surface area contributed by atoms with Gasteiger partial charge in [0.1, 0.15) is 17.7 Å². The van der Waals surface area contributed by atoms with Gasteiger partial charge < -0.3 is 9.64 Å². The first-order valence-corrected chi connectivity index (χ1v) is 10.6. The molecule has 1 aromatic rings. The lowest BCUT2D eigenvalue weighted by molar-refractivity contribution is -0.127. The standard InChI is InChI=1S/C18H23FN2O6S/c1-18(2)11-20(7-5-16(18)22)15-4-3-12(9-14(15)19)21-10-13(27-17(21)23)6-8-28(24,25)26/h3-4,9,13H,5-8,10-11H2,1-2H3,(H,24,25,26)/t13-/m0/s1. The van der Waals surface area contributed by atoms with Crippen molar-refractivity contribution in [1.82, 2.24) is 0 Å². The molecule has 154 valence electrons. The Bertz CT molecular complexity index is 901. The zero-order valence-electron chi connectivity index (χ0n) is 15.7. The highest BCUT2D eigenvalue weighted by atomic mass is 32.2. The fourth-order valence-corrected chi connectivity index (χ4v) is 4.07. The maximum Gasteiger partial charge on any atom is 0.414 e. The molecule has 0 bridgehead atoms. The first-order valence-electron chi connectivity index (χ1n) is 8.97. The topological polar surface area (TPSA) is 104 Å². The van der Waals surface area contributed by atoms with Crippen LogP contribution in [0, 0.1) is 11.2 Å². The van der Waals surface area contributed by atoms with Gasteiger partial charge >= 0.3 is 6.09 Å². The maximum absolute atomic E-state index is 14.7.